The van der Waals surface area contributed by atoms with E-state index in [0.717, 1.165) is 25.1 Å². The molecular weight excluding hydrogens is 264 g/mol. The summed E-state index contributed by atoms with van der Waals surface area (Å²) in [5, 5.41) is 7.32. The lowest BCUT2D eigenvalue weighted by atomic mass is 9.88. The Labute approximate surface area is 124 Å². The highest BCUT2D eigenvalue weighted by atomic mass is 16.1. The first-order valence-electron chi connectivity index (χ1n) is 7.41. The van der Waals surface area contributed by atoms with Crippen molar-refractivity contribution in [3.63, 3.8) is 0 Å². The Hall–Kier alpha value is -2.14. The van der Waals surface area contributed by atoms with Crippen LogP contribution in [0.15, 0.2) is 36.5 Å². The highest BCUT2D eigenvalue weighted by molar-refractivity contribution is 5.89. The van der Waals surface area contributed by atoms with E-state index in [1.54, 1.807) is 6.20 Å². The van der Waals surface area contributed by atoms with Crippen molar-refractivity contribution in [2.24, 2.45) is 5.73 Å². The molecule has 21 heavy (non-hydrogen) atoms. The zero-order valence-electron chi connectivity index (χ0n) is 12.0. The quantitative estimate of drug-likeness (QED) is 0.903. The number of nitrogens with one attached hydrogen (secondary N) is 1. The van der Waals surface area contributed by atoms with Gasteiger partial charge in [-0.25, -0.2) is 4.68 Å². The number of hydrogen-bond acceptors (Lipinski definition) is 3. The lowest BCUT2D eigenvalue weighted by Crippen LogP contribution is -2.23. The van der Waals surface area contributed by atoms with E-state index in [9.17, 15) is 4.79 Å². The third-order valence-electron chi connectivity index (χ3n) is 3.94. The van der Waals surface area contributed by atoms with E-state index < -0.39 is 0 Å². The minimum Gasteiger partial charge on any atom is -0.330 e. The number of carbonyl (C=O) groups excluding carboxylic acids is 1. The van der Waals surface area contributed by atoms with Gasteiger partial charge in [0.2, 0.25) is 5.91 Å². The molecule has 1 atom stereocenters. The molecule has 5 nitrogen and oxygen atoms in total. The van der Waals surface area contributed by atoms with Gasteiger partial charge in [-0.05, 0) is 30.4 Å². The number of aromatic nitrogens is 2. The molecule has 0 saturated heterocycles. The summed E-state index contributed by atoms with van der Waals surface area (Å²) in [6, 6.07) is 10.5. The molecule has 1 unspecified atom stereocenters. The molecule has 3 rings (SSSR count). The molecule has 0 radical (unpaired) electrons. The maximum Gasteiger partial charge on any atom is 0.226 e. The van der Waals surface area contributed by atoms with E-state index in [4.69, 9.17) is 5.73 Å². The van der Waals surface area contributed by atoms with E-state index in [1.165, 1.54) is 11.1 Å². The second-order valence-corrected chi connectivity index (χ2v) is 5.35. The van der Waals surface area contributed by atoms with Crippen LogP contribution in [0.4, 0.5) is 5.82 Å². The van der Waals surface area contributed by atoms with Crippen LogP contribution >= 0.6 is 0 Å². The molecule has 110 valence electrons. The standard InChI is InChI=1S/C16H20N4O/c17-10-8-16(21)19-15-9-11-18-20(15)14-7-3-5-12-4-1-2-6-13(12)14/h1-2,4,6,9,11,14H,3,5,7-8,10,17H2,(H,19,21). The second kappa shape index (κ2) is 6.10. The Morgan fingerprint density at radius 3 is 3.10 bits per heavy atom. The molecule has 0 fully saturated rings. The van der Waals surface area contributed by atoms with Crippen LogP contribution in [0.3, 0.4) is 0 Å². The number of fused-ring (bicyclic) bond motifs is 1. The van der Waals surface area contributed by atoms with Crippen LogP contribution in [-0.2, 0) is 11.2 Å². The van der Waals surface area contributed by atoms with Crippen molar-refractivity contribution in [1.29, 1.82) is 0 Å². The number of nitrogens with two attached hydrogens (primary N) is 1. The fourth-order valence-electron chi connectivity index (χ4n) is 2.98. The summed E-state index contributed by atoms with van der Waals surface area (Å²) in [4.78, 5) is 11.8. The van der Waals surface area contributed by atoms with Crippen LogP contribution in [0.25, 0.3) is 0 Å². The van der Waals surface area contributed by atoms with Crippen LogP contribution in [0.5, 0.6) is 0 Å². The highest BCUT2D eigenvalue weighted by Crippen LogP contribution is 2.34. The Balaban J connectivity index is 1.89. The van der Waals surface area contributed by atoms with Crippen LogP contribution < -0.4 is 11.1 Å². The number of benzene rings is 1. The van der Waals surface area contributed by atoms with Gasteiger partial charge in [0.05, 0.1) is 12.2 Å². The summed E-state index contributed by atoms with van der Waals surface area (Å²) in [5.41, 5.74) is 8.10. The van der Waals surface area contributed by atoms with Gasteiger partial charge in [0.15, 0.2) is 0 Å². The topological polar surface area (TPSA) is 72.9 Å². The SMILES string of the molecule is NCCC(=O)Nc1ccnn1C1CCCc2ccccc21. The zero-order valence-corrected chi connectivity index (χ0v) is 12.0. The Kier molecular flexibility index (Phi) is 4.01. The average Bonchev–Trinajstić information content (AvgIpc) is 2.95. The van der Waals surface area contributed by atoms with Crippen LogP contribution in [-0.4, -0.2) is 22.2 Å². The smallest absolute Gasteiger partial charge is 0.226 e. The predicted octanol–water partition coefficient (Wildman–Crippen LogP) is 2.10. The van der Waals surface area contributed by atoms with Crippen molar-refractivity contribution in [3.8, 4) is 0 Å². The van der Waals surface area contributed by atoms with E-state index in [1.807, 2.05) is 10.7 Å². The molecule has 1 amide bonds. The maximum absolute atomic E-state index is 11.8. The summed E-state index contributed by atoms with van der Waals surface area (Å²) in [5.74, 6) is 0.679. The van der Waals surface area contributed by atoms with E-state index in [2.05, 4.69) is 34.7 Å². The molecule has 1 aromatic heterocycles. The van der Waals surface area contributed by atoms with E-state index >= 15 is 0 Å². The number of amides is 1. The lowest BCUT2D eigenvalue weighted by Gasteiger charge is -2.27. The summed E-state index contributed by atoms with van der Waals surface area (Å²) in [6.07, 6.45) is 5.35. The molecule has 2 aromatic rings. The van der Waals surface area contributed by atoms with Crippen molar-refractivity contribution in [1.82, 2.24) is 9.78 Å². The minimum atomic E-state index is -0.0663. The Bertz CT molecular complexity index is 635. The summed E-state index contributed by atoms with van der Waals surface area (Å²) in [7, 11) is 0. The third-order valence-corrected chi connectivity index (χ3v) is 3.94. The second-order valence-electron chi connectivity index (χ2n) is 5.35. The number of hydrogen-bond donors (Lipinski definition) is 2. The Morgan fingerprint density at radius 2 is 2.24 bits per heavy atom. The predicted molar refractivity (Wildman–Crippen MR) is 82.0 cm³/mol. The van der Waals surface area contributed by atoms with E-state index in [-0.39, 0.29) is 11.9 Å². The van der Waals surface area contributed by atoms with Gasteiger partial charge in [0, 0.05) is 19.0 Å². The summed E-state index contributed by atoms with van der Waals surface area (Å²) >= 11 is 0. The van der Waals surface area contributed by atoms with Gasteiger partial charge in [0.25, 0.3) is 0 Å². The monoisotopic (exact) mass is 284 g/mol. The number of anilines is 1. The van der Waals surface area contributed by atoms with Crippen molar-refractivity contribution >= 4 is 11.7 Å². The van der Waals surface area contributed by atoms with Crippen LogP contribution in [0, 0.1) is 0 Å². The first-order chi connectivity index (χ1) is 10.3. The van der Waals surface area contributed by atoms with Crippen molar-refractivity contribution in [2.45, 2.75) is 31.7 Å². The Morgan fingerprint density at radius 1 is 1.38 bits per heavy atom. The average molecular weight is 284 g/mol. The van der Waals surface area contributed by atoms with Crippen LogP contribution in [0.1, 0.15) is 36.4 Å². The van der Waals surface area contributed by atoms with Gasteiger partial charge in [-0.1, -0.05) is 24.3 Å². The first kappa shape index (κ1) is 13.8. The molecule has 3 N–H and O–H groups in total. The highest BCUT2D eigenvalue weighted by Gasteiger charge is 2.23. The van der Waals surface area contributed by atoms with Gasteiger partial charge >= 0.3 is 0 Å². The zero-order chi connectivity index (χ0) is 14.7. The summed E-state index contributed by atoms with van der Waals surface area (Å²) < 4.78 is 1.92. The first-order valence-corrected chi connectivity index (χ1v) is 7.41. The van der Waals surface area contributed by atoms with Crippen molar-refractivity contribution in [2.75, 3.05) is 11.9 Å². The number of carbonyl (C=O) groups is 1. The maximum atomic E-state index is 11.8. The van der Waals surface area contributed by atoms with Crippen molar-refractivity contribution in [3.05, 3.63) is 47.7 Å². The van der Waals surface area contributed by atoms with Gasteiger partial charge in [-0.15, -0.1) is 0 Å². The molecule has 0 aliphatic heterocycles. The molecule has 1 aliphatic carbocycles. The molecule has 1 aliphatic rings. The number of aryl methyl sites for hydroxylation is 1. The largest absolute Gasteiger partial charge is 0.330 e. The van der Waals surface area contributed by atoms with Crippen LogP contribution in [0.2, 0.25) is 0 Å². The third kappa shape index (κ3) is 2.83. The minimum absolute atomic E-state index is 0.0663. The molecular formula is C16H20N4O. The lowest BCUT2D eigenvalue weighted by molar-refractivity contribution is -0.116. The van der Waals surface area contributed by atoms with Gasteiger partial charge < -0.3 is 11.1 Å². The molecule has 5 heteroatoms. The van der Waals surface area contributed by atoms with E-state index in [0.29, 0.717) is 13.0 Å². The molecule has 0 saturated carbocycles. The molecule has 1 heterocycles. The summed E-state index contributed by atoms with van der Waals surface area (Å²) in [6.45, 7) is 0.353. The van der Waals surface area contributed by atoms with Crippen molar-refractivity contribution < 1.29 is 4.79 Å². The normalized spacial score (nSPS) is 17.3. The van der Waals surface area contributed by atoms with Gasteiger partial charge in [-0.3, -0.25) is 4.79 Å². The molecule has 0 spiro atoms. The molecule has 1 aromatic carbocycles. The number of nitrogens with zero attached hydrogens (tertiary/aromatic N) is 2. The molecule has 0 bridgehead atoms. The fraction of sp³-hybridized carbons (Fsp3) is 0.375. The van der Waals surface area contributed by atoms with Gasteiger partial charge in [-0.2, -0.15) is 5.10 Å². The van der Waals surface area contributed by atoms with Gasteiger partial charge in [0.1, 0.15) is 5.82 Å². The fourth-order valence-corrected chi connectivity index (χ4v) is 2.98. The number of rotatable bonds is 4.